The average molecular weight is 592 g/mol. The number of amides is 3. The third-order valence-electron chi connectivity index (χ3n) is 5.98. The molecule has 0 aromatic heterocycles. The molecule has 0 saturated heterocycles. The van der Waals surface area contributed by atoms with E-state index in [4.69, 9.17) is 31.5 Å². The van der Waals surface area contributed by atoms with Crippen LogP contribution < -0.4 is 16.4 Å². The lowest BCUT2D eigenvalue weighted by Crippen LogP contribution is -2.48. The minimum Gasteiger partial charge on any atom is -0.490 e. The first kappa shape index (κ1) is 35.2. The summed E-state index contributed by atoms with van der Waals surface area (Å²) < 4.78 is 15.4. The summed E-state index contributed by atoms with van der Waals surface area (Å²) in [5.41, 5.74) is 6.04. The number of carbonyl (C=O) groups excluding carboxylic acids is 4. The minimum absolute atomic E-state index is 0.0156. The predicted octanol–water partition coefficient (Wildman–Crippen LogP) is 4.68. The van der Waals surface area contributed by atoms with Crippen LogP contribution in [0, 0.1) is 11.8 Å². The highest BCUT2D eigenvalue weighted by Gasteiger charge is 2.27. The summed E-state index contributed by atoms with van der Waals surface area (Å²) >= 11 is 5.83. The van der Waals surface area contributed by atoms with Gasteiger partial charge >= 0.3 is 12.1 Å². The molecule has 4 N–H and O–H groups in total. The van der Waals surface area contributed by atoms with Gasteiger partial charge in [-0.2, -0.15) is 0 Å². The number of cyclic esters (lactones) is 1. The van der Waals surface area contributed by atoms with Crippen LogP contribution in [-0.4, -0.2) is 49.2 Å². The van der Waals surface area contributed by atoms with Gasteiger partial charge in [-0.25, -0.2) is 9.59 Å². The summed E-state index contributed by atoms with van der Waals surface area (Å²) in [4.78, 5) is 48.1. The monoisotopic (exact) mass is 591 g/mol. The number of allylic oxidation sites excluding steroid dienone is 5. The zero-order chi connectivity index (χ0) is 30.9. The first-order chi connectivity index (χ1) is 19.3. The van der Waals surface area contributed by atoms with Crippen LogP contribution in [0.1, 0.15) is 53.9 Å². The number of nitrogens with one attached hydrogen (secondary N) is 2. The lowest BCUT2D eigenvalue weighted by Gasteiger charge is -2.25. The third-order valence-corrected chi connectivity index (χ3v) is 6.13. The van der Waals surface area contributed by atoms with Crippen LogP contribution >= 0.6 is 11.6 Å². The molecule has 226 valence electrons. The molecular weight excluding hydrogens is 550 g/mol. The van der Waals surface area contributed by atoms with Gasteiger partial charge in [0.15, 0.2) is 5.76 Å². The number of esters is 1. The molecule has 0 fully saturated rings. The summed E-state index contributed by atoms with van der Waals surface area (Å²) in [5, 5.41) is 5.91. The van der Waals surface area contributed by atoms with Crippen molar-refractivity contribution in [2.45, 2.75) is 72.1 Å². The van der Waals surface area contributed by atoms with E-state index in [1.54, 1.807) is 37.3 Å². The molecule has 1 rings (SSSR count). The van der Waals surface area contributed by atoms with Gasteiger partial charge in [-0.1, -0.05) is 74.4 Å². The van der Waals surface area contributed by atoms with Gasteiger partial charge in [0, 0.05) is 36.3 Å². The van der Waals surface area contributed by atoms with Crippen molar-refractivity contribution in [1.29, 1.82) is 0 Å². The Labute approximate surface area is 247 Å². The molecule has 1 heterocycles. The summed E-state index contributed by atoms with van der Waals surface area (Å²) in [6.07, 6.45) is 14.5. The number of carbonyl (C=O) groups is 4. The van der Waals surface area contributed by atoms with Gasteiger partial charge in [0.1, 0.15) is 18.2 Å². The number of primary amides is 1. The highest BCUT2D eigenvalue weighted by Crippen LogP contribution is 2.22. The molecule has 10 nitrogen and oxygen atoms in total. The molecule has 0 bridgehead atoms. The molecule has 0 saturated carbocycles. The maximum atomic E-state index is 12.7. The van der Waals surface area contributed by atoms with Crippen molar-refractivity contribution in [2.75, 3.05) is 7.11 Å². The van der Waals surface area contributed by atoms with Crippen molar-refractivity contribution < 1.29 is 33.4 Å². The molecule has 4 unspecified atom stereocenters. The highest BCUT2D eigenvalue weighted by atomic mass is 35.5. The largest absolute Gasteiger partial charge is 0.490 e. The quantitative estimate of drug-likeness (QED) is 0.142. The molecule has 0 aromatic rings. The van der Waals surface area contributed by atoms with Gasteiger partial charge in [-0.05, 0) is 32.0 Å². The lowest BCUT2D eigenvalue weighted by molar-refractivity contribution is -0.151. The first-order valence-corrected chi connectivity index (χ1v) is 13.7. The van der Waals surface area contributed by atoms with E-state index in [2.05, 4.69) is 10.6 Å². The molecule has 11 heteroatoms. The molecule has 3 amide bonds. The van der Waals surface area contributed by atoms with Gasteiger partial charge in [0.05, 0.1) is 7.11 Å². The Morgan fingerprint density at radius 1 is 1.17 bits per heavy atom. The molecular formula is C30H42ClN3O7. The molecule has 41 heavy (non-hydrogen) atoms. The van der Waals surface area contributed by atoms with E-state index < -0.39 is 30.1 Å². The van der Waals surface area contributed by atoms with Gasteiger partial charge in [-0.3, -0.25) is 9.59 Å². The molecule has 0 aliphatic carbocycles. The number of hydrogen-bond donors (Lipinski definition) is 3. The smallest absolute Gasteiger partial charge is 0.404 e. The van der Waals surface area contributed by atoms with E-state index in [9.17, 15) is 19.2 Å². The van der Waals surface area contributed by atoms with Crippen LogP contribution in [0.4, 0.5) is 4.79 Å². The Morgan fingerprint density at radius 3 is 2.44 bits per heavy atom. The van der Waals surface area contributed by atoms with Crippen molar-refractivity contribution in [1.82, 2.24) is 10.6 Å². The lowest BCUT2D eigenvalue weighted by atomic mass is 9.97. The number of methoxy groups -OCH3 is 1. The summed E-state index contributed by atoms with van der Waals surface area (Å²) in [6, 6.07) is -0.770. The van der Waals surface area contributed by atoms with E-state index in [-0.39, 0.29) is 29.6 Å². The fourth-order valence-corrected chi connectivity index (χ4v) is 3.89. The van der Waals surface area contributed by atoms with Crippen LogP contribution in [0.2, 0.25) is 0 Å². The van der Waals surface area contributed by atoms with E-state index in [0.717, 1.165) is 5.57 Å². The van der Waals surface area contributed by atoms with Crippen LogP contribution in [0.3, 0.4) is 0 Å². The Morgan fingerprint density at radius 2 is 1.85 bits per heavy atom. The minimum atomic E-state index is -0.898. The maximum Gasteiger partial charge on any atom is 0.404 e. The number of halogens is 1. The Balaban J connectivity index is 2.63. The van der Waals surface area contributed by atoms with Crippen molar-refractivity contribution in [3.8, 4) is 0 Å². The average Bonchev–Trinajstić information content (AvgIpc) is 2.89. The van der Waals surface area contributed by atoms with Gasteiger partial charge in [0.25, 0.3) is 0 Å². The number of ether oxygens (including phenoxy) is 3. The number of rotatable bonds is 15. The second-order valence-corrected chi connectivity index (χ2v) is 10.5. The van der Waals surface area contributed by atoms with E-state index in [0.29, 0.717) is 24.3 Å². The van der Waals surface area contributed by atoms with E-state index in [1.165, 1.54) is 19.4 Å². The van der Waals surface area contributed by atoms with Crippen molar-refractivity contribution in [2.24, 2.45) is 17.6 Å². The van der Waals surface area contributed by atoms with E-state index >= 15 is 0 Å². The molecule has 0 spiro atoms. The van der Waals surface area contributed by atoms with Gasteiger partial charge in [-0.15, -0.1) is 0 Å². The maximum absolute atomic E-state index is 12.7. The third kappa shape index (κ3) is 14.4. The Hall–Kier alpha value is -3.79. The molecule has 1 aliphatic rings. The summed E-state index contributed by atoms with van der Waals surface area (Å²) in [5.74, 6) is -1.24. The molecule has 1 aliphatic heterocycles. The second-order valence-electron chi connectivity index (χ2n) is 9.90. The topological polar surface area (TPSA) is 146 Å². The number of nitrogens with two attached hydrogens (primary N) is 1. The standard InChI is InChI=1S/C30H42ClN3O7/c1-19(2)27(28(36)33-17-9-11-23(40-30(32)38)14-13-22(5)31)34-26(35)12-8-7-10-20(3)18-21(4)24-15-16-25(39-6)29(37)41-24/h7-10,12-13,16-19,21,23-24,27H,11,14-15H2,1-6H3,(H2,32,38)(H,33,36)(H,34,35)/b10-7+,12-8-,17-9-,20-18+,22-13+. The first-order valence-electron chi connectivity index (χ1n) is 13.4. The van der Waals surface area contributed by atoms with E-state index in [1.807, 2.05) is 39.8 Å². The number of hydrogen-bond acceptors (Lipinski definition) is 7. The Kier molecular flexibility index (Phi) is 15.9. The van der Waals surface area contributed by atoms with Crippen LogP contribution in [0.15, 0.2) is 71.2 Å². The van der Waals surface area contributed by atoms with Crippen LogP contribution in [0.5, 0.6) is 0 Å². The van der Waals surface area contributed by atoms with Crippen molar-refractivity contribution in [3.05, 3.63) is 71.2 Å². The summed E-state index contributed by atoms with van der Waals surface area (Å²) in [7, 11) is 1.43. The molecule has 0 radical (unpaired) electrons. The SMILES string of the molecule is COC1=CCC(C(C)/C=C(C)/C=C/C=C\C(=O)NC(C(=O)N/C=C\CC(C/C=C(\C)Cl)OC(N)=O)C(C)C)OC1=O. The van der Waals surface area contributed by atoms with Crippen LogP contribution in [0.25, 0.3) is 0 Å². The summed E-state index contributed by atoms with van der Waals surface area (Å²) in [6.45, 7) is 9.22. The molecule has 4 atom stereocenters. The fourth-order valence-electron chi connectivity index (χ4n) is 3.80. The van der Waals surface area contributed by atoms with Crippen molar-refractivity contribution in [3.63, 3.8) is 0 Å². The van der Waals surface area contributed by atoms with Crippen LogP contribution in [-0.2, 0) is 28.6 Å². The predicted molar refractivity (Wildman–Crippen MR) is 158 cm³/mol. The zero-order valence-electron chi connectivity index (χ0n) is 24.5. The highest BCUT2D eigenvalue weighted by molar-refractivity contribution is 6.29. The normalized spacial score (nSPS) is 18.7. The molecule has 0 aromatic carbocycles. The Bertz CT molecular complexity index is 1100. The zero-order valence-corrected chi connectivity index (χ0v) is 25.3. The van der Waals surface area contributed by atoms with Gasteiger partial charge in [0.2, 0.25) is 11.8 Å². The van der Waals surface area contributed by atoms with Crippen molar-refractivity contribution >= 4 is 35.5 Å². The second kappa shape index (κ2) is 18.5. The fraction of sp³-hybridized carbons (Fsp3) is 0.467. The van der Waals surface area contributed by atoms with Gasteiger partial charge < -0.3 is 30.6 Å².